The Morgan fingerprint density at radius 2 is 1.80 bits per heavy atom. The molecule has 1 aliphatic carbocycles. The van der Waals surface area contributed by atoms with Crippen LogP contribution in [0.25, 0.3) is 0 Å². The summed E-state index contributed by atoms with van der Waals surface area (Å²) in [5, 5.41) is 29.4. The van der Waals surface area contributed by atoms with E-state index in [0.717, 1.165) is 18.4 Å². The second-order valence-corrected chi connectivity index (χ2v) is 11.3. The standard InChI is InChI=1S/C15H17ClN2.C10H18N2O3S2/c16-13-7-11-9-14(18-5-1-2-6-18)3-4-15(11)12(8-13)10-17;1-11(13,16)7-8-12(14,17)9-3-5-10(15-2)6-4-9/h7-8,14H,1-6,9H2;3-6,13-14,16-17H,7-8H2,1-2H3/q;+2. The molecule has 0 saturated carbocycles. The van der Waals surface area contributed by atoms with Gasteiger partial charge in [-0.1, -0.05) is 15.7 Å². The fraction of sp³-hybridized carbons (Fsp3) is 0.480. The van der Waals surface area contributed by atoms with Crippen LogP contribution >= 0.6 is 37.2 Å². The smallest absolute Gasteiger partial charge is 0.178 e. The molecule has 3 atom stereocenters. The molecule has 1 fully saturated rings. The molecule has 0 radical (unpaired) electrons. The van der Waals surface area contributed by atoms with Crippen LogP contribution in [0.2, 0.25) is 5.02 Å². The predicted octanol–water partition coefficient (Wildman–Crippen LogP) is 5.08. The molecule has 2 aliphatic rings. The van der Waals surface area contributed by atoms with Gasteiger partial charge in [0.1, 0.15) is 12.8 Å². The van der Waals surface area contributed by atoms with E-state index in [1.54, 1.807) is 37.4 Å². The number of halogens is 1. The van der Waals surface area contributed by atoms with Crippen molar-refractivity contribution in [2.75, 3.05) is 40.3 Å². The first-order valence-electron chi connectivity index (χ1n) is 11.8. The summed E-state index contributed by atoms with van der Waals surface area (Å²) in [6, 6.07) is 13.7. The number of ether oxygens (including phenoxy) is 1. The molecule has 1 heterocycles. The van der Waals surface area contributed by atoms with Gasteiger partial charge in [0.25, 0.3) is 0 Å². The lowest BCUT2D eigenvalue weighted by atomic mass is 9.85. The maximum atomic E-state index is 10.1. The van der Waals surface area contributed by atoms with E-state index in [9.17, 15) is 15.7 Å². The second kappa shape index (κ2) is 12.2. The number of nitrogens with zero attached hydrogens (tertiary/aromatic N) is 4. The molecule has 2 aromatic carbocycles. The Labute approximate surface area is 224 Å². The molecular formula is C25H35ClN4O3S2+2. The number of nitriles is 1. The number of benzene rings is 2. The fourth-order valence-electron chi connectivity index (χ4n) is 4.63. The Balaban J connectivity index is 0.000000196. The molecule has 10 heteroatoms. The molecule has 0 spiro atoms. The zero-order valence-electron chi connectivity index (χ0n) is 20.3. The van der Waals surface area contributed by atoms with E-state index < -0.39 is 8.10 Å². The zero-order valence-corrected chi connectivity index (χ0v) is 22.8. The zero-order chi connectivity index (χ0) is 25.6. The van der Waals surface area contributed by atoms with Crippen LogP contribution in [0.5, 0.6) is 5.75 Å². The van der Waals surface area contributed by atoms with Gasteiger partial charge in [-0.2, -0.15) is 10.5 Å². The fourth-order valence-corrected chi connectivity index (χ4v) is 5.19. The molecule has 0 bridgehead atoms. The largest absolute Gasteiger partial charge is 0.497 e. The molecule has 35 heavy (non-hydrogen) atoms. The van der Waals surface area contributed by atoms with E-state index in [2.05, 4.69) is 42.7 Å². The third kappa shape index (κ3) is 8.00. The number of likely N-dealkylation sites (tertiary alicyclic amines) is 1. The highest BCUT2D eigenvalue weighted by atomic mass is 35.5. The molecule has 2 N–H and O–H groups in total. The number of thiol groups is 2. The Bertz CT molecular complexity index is 1030. The number of fused-ring (bicyclic) bond motifs is 1. The van der Waals surface area contributed by atoms with Gasteiger partial charge in [-0.15, -0.1) is 4.05 Å². The molecule has 0 amide bonds. The Kier molecular flexibility index (Phi) is 9.77. The number of hydrogen-bond acceptors (Lipinski definition) is 7. The highest BCUT2D eigenvalue weighted by molar-refractivity contribution is 7.79. The van der Waals surface area contributed by atoms with Crippen LogP contribution in [0.4, 0.5) is 5.69 Å². The van der Waals surface area contributed by atoms with Crippen molar-refractivity contribution in [1.29, 1.82) is 5.26 Å². The van der Waals surface area contributed by atoms with Crippen molar-refractivity contribution in [3.8, 4) is 11.8 Å². The average Bonchev–Trinajstić information content (AvgIpc) is 3.37. The highest BCUT2D eigenvalue weighted by Gasteiger charge is 2.30. The summed E-state index contributed by atoms with van der Waals surface area (Å²) in [6.45, 7) is 2.94. The summed E-state index contributed by atoms with van der Waals surface area (Å²) in [7, 11) is 3.08. The second-order valence-electron chi connectivity index (χ2n) is 9.31. The maximum absolute atomic E-state index is 10.1. The van der Waals surface area contributed by atoms with Gasteiger partial charge in [-0.05, 0) is 80.6 Å². The highest BCUT2D eigenvalue weighted by Crippen LogP contribution is 2.31. The Morgan fingerprint density at radius 1 is 1.14 bits per heavy atom. The lowest BCUT2D eigenvalue weighted by Gasteiger charge is -2.32. The molecule has 1 saturated heterocycles. The molecule has 3 unspecified atom stereocenters. The third-order valence-corrected chi connectivity index (χ3v) is 7.44. The number of likely N-dealkylation sites (N-methyl/N-ethyl adjacent to an activating group) is 1. The van der Waals surface area contributed by atoms with Gasteiger partial charge in [-0.25, -0.2) is 5.21 Å². The topological polar surface area (TPSA) is 76.7 Å². The third-order valence-electron chi connectivity index (χ3n) is 6.59. The van der Waals surface area contributed by atoms with Gasteiger partial charge in [0.15, 0.2) is 18.8 Å². The van der Waals surface area contributed by atoms with Gasteiger partial charge >= 0.3 is 0 Å². The molecule has 2 aromatic rings. The van der Waals surface area contributed by atoms with Crippen molar-refractivity contribution >= 4 is 42.9 Å². The van der Waals surface area contributed by atoms with Gasteiger partial charge in [0.05, 0.1) is 44.4 Å². The van der Waals surface area contributed by atoms with Crippen molar-refractivity contribution in [2.24, 2.45) is 0 Å². The van der Waals surface area contributed by atoms with Crippen LogP contribution in [0.1, 0.15) is 36.0 Å². The summed E-state index contributed by atoms with van der Waals surface area (Å²) in [5.74, 6) is 0.707. The molecule has 1 aliphatic heterocycles. The first-order chi connectivity index (χ1) is 16.5. The Morgan fingerprint density at radius 3 is 2.37 bits per heavy atom. The summed E-state index contributed by atoms with van der Waals surface area (Å²) >= 11 is 14.2. The molecule has 0 aromatic heterocycles. The quantitative estimate of drug-likeness (QED) is 0.234. The van der Waals surface area contributed by atoms with E-state index in [0.29, 0.717) is 22.5 Å². The van der Waals surface area contributed by atoms with E-state index in [1.165, 1.54) is 50.5 Å². The summed E-state index contributed by atoms with van der Waals surface area (Å²) in [4.78, 5) is 2.61. The van der Waals surface area contributed by atoms with Crippen molar-refractivity contribution in [1.82, 2.24) is 8.95 Å². The minimum absolute atomic E-state index is 0.214. The van der Waals surface area contributed by atoms with Crippen LogP contribution < -0.4 is 8.79 Å². The Hall–Kier alpha value is -1.48. The monoisotopic (exact) mass is 538 g/mol. The number of hydroxylamine groups is 3. The van der Waals surface area contributed by atoms with Crippen LogP contribution in [0, 0.1) is 11.3 Å². The molecule has 4 rings (SSSR count). The first-order valence-corrected chi connectivity index (χ1v) is 12.9. The molecular weight excluding hydrogens is 504 g/mol. The van der Waals surface area contributed by atoms with Gasteiger partial charge in [0.2, 0.25) is 0 Å². The number of methoxy groups -OCH3 is 1. The SMILES string of the molecule is COc1ccc([N+](O)(S)CC[N+](C)(O)S)cc1.N#Cc1cc(Cl)cc2c1CCC(N1CCCC1)C2. The van der Waals surface area contributed by atoms with Gasteiger partial charge in [-0.3, -0.25) is 0 Å². The van der Waals surface area contributed by atoms with E-state index in [-0.39, 0.29) is 13.1 Å². The van der Waals surface area contributed by atoms with Crippen LogP contribution in [-0.4, -0.2) is 65.7 Å². The summed E-state index contributed by atoms with van der Waals surface area (Å²) in [5.41, 5.74) is 3.90. The number of hydrogen-bond donors (Lipinski definition) is 4. The van der Waals surface area contributed by atoms with Crippen molar-refractivity contribution in [3.63, 3.8) is 0 Å². The van der Waals surface area contributed by atoms with E-state index in [4.69, 9.17) is 16.3 Å². The predicted molar refractivity (Wildman–Crippen MR) is 145 cm³/mol. The van der Waals surface area contributed by atoms with Crippen LogP contribution in [-0.2, 0) is 12.8 Å². The van der Waals surface area contributed by atoms with Crippen LogP contribution in [0.15, 0.2) is 36.4 Å². The van der Waals surface area contributed by atoms with Gasteiger partial charge in [0, 0.05) is 23.2 Å². The number of rotatable bonds is 6. The van der Waals surface area contributed by atoms with Gasteiger partial charge < -0.3 is 9.64 Å². The number of quaternary nitrogens is 2. The summed E-state index contributed by atoms with van der Waals surface area (Å²) < 4.78 is 3.90. The average molecular weight is 539 g/mol. The van der Waals surface area contributed by atoms with E-state index >= 15 is 0 Å². The first kappa shape index (κ1) is 28.1. The van der Waals surface area contributed by atoms with Crippen LogP contribution in [0.3, 0.4) is 0 Å². The minimum Gasteiger partial charge on any atom is -0.497 e. The van der Waals surface area contributed by atoms with E-state index in [1.807, 2.05) is 0 Å². The lowest BCUT2D eigenvalue weighted by molar-refractivity contribution is -0.973. The lowest BCUT2D eigenvalue weighted by Crippen LogP contribution is -2.45. The molecule has 7 nitrogen and oxygen atoms in total. The van der Waals surface area contributed by atoms with Crippen molar-refractivity contribution in [3.05, 3.63) is 58.1 Å². The minimum atomic E-state index is -0.612. The van der Waals surface area contributed by atoms with Crippen molar-refractivity contribution in [2.45, 2.75) is 38.1 Å². The maximum Gasteiger partial charge on any atom is 0.178 e. The normalized spacial score (nSPS) is 21.0. The molecule has 190 valence electrons. The van der Waals surface area contributed by atoms with Crippen molar-refractivity contribution < 1.29 is 19.2 Å². The summed E-state index contributed by atoms with van der Waals surface area (Å²) in [6.07, 6.45) is 5.94.